The fourth-order valence-corrected chi connectivity index (χ4v) is 2.53. The summed E-state index contributed by atoms with van der Waals surface area (Å²) in [5.74, 6) is -0.270. The number of carbonyl (C=O) groups excluding carboxylic acids is 1. The van der Waals surface area contributed by atoms with Crippen LogP contribution in [0.3, 0.4) is 0 Å². The van der Waals surface area contributed by atoms with E-state index in [-0.39, 0.29) is 6.03 Å². The maximum Gasteiger partial charge on any atom is 0.329 e. The Morgan fingerprint density at radius 3 is 2.52 bits per heavy atom. The van der Waals surface area contributed by atoms with Gasteiger partial charge in [-0.15, -0.1) is 0 Å². The van der Waals surface area contributed by atoms with Gasteiger partial charge in [-0.25, -0.2) is 9.59 Å². The van der Waals surface area contributed by atoms with Gasteiger partial charge in [-0.2, -0.15) is 0 Å². The molecule has 1 fully saturated rings. The van der Waals surface area contributed by atoms with Crippen molar-refractivity contribution in [3.05, 3.63) is 24.3 Å². The Morgan fingerprint density at radius 1 is 1.29 bits per heavy atom. The van der Waals surface area contributed by atoms with Crippen LogP contribution in [0.15, 0.2) is 24.3 Å². The number of urea groups is 1. The Hall–Kier alpha value is -2.24. The molecular formula is C15H20N2O4. The van der Waals surface area contributed by atoms with Crippen LogP contribution >= 0.6 is 0 Å². The number of ether oxygens (including phenoxy) is 1. The lowest BCUT2D eigenvalue weighted by molar-refractivity contribution is -0.150. The van der Waals surface area contributed by atoms with Crippen molar-refractivity contribution >= 4 is 17.7 Å². The molecule has 114 valence electrons. The van der Waals surface area contributed by atoms with Crippen molar-refractivity contribution < 1.29 is 19.4 Å². The van der Waals surface area contributed by atoms with Gasteiger partial charge in [-0.3, -0.25) is 0 Å². The highest BCUT2D eigenvalue weighted by molar-refractivity contribution is 5.94. The number of anilines is 1. The molecule has 1 aliphatic heterocycles. The van der Waals surface area contributed by atoms with E-state index in [4.69, 9.17) is 4.74 Å². The lowest BCUT2D eigenvalue weighted by Gasteiger charge is -2.41. The van der Waals surface area contributed by atoms with Gasteiger partial charge >= 0.3 is 12.0 Å². The predicted octanol–water partition coefficient (Wildman–Crippen LogP) is 2.56. The first-order valence-electron chi connectivity index (χ1n) is 6.93. The standard InChI is InChI=1S/C15H20N2O4/c1-15(13(18)19)9-3-4-10-17(15)14(20)16-11-5-7-12(21-2)8-6-11/h5-8H,3-4,9-10H2,1-2H3,(H,16,20)(H,18,19). The van der Waals surface area contributed by atoms with E-state index in [9.17, 15) is 14.7 Å². The monoisotopic (exact) mass is 292 g/mol. The zero-order valence-electron chi connectivity index (χ0n) is 12.3. The molecule has 0 aliphatic carbocycles. The number of rotatable bonds is 3. The number of amides is 2. The van der Waals surface area contributed by atoms with Crippen LogP contribution in [0.5, 0.6) is 5.75 Å². The van der Waals surface area contributed by atoms with Crippen LogP contribution in [0.2, 0.25) is 0 Å². The Bertz CT molecular complexity index is 529. The summed E-state index contributed by atoms with van der Waals surface area (Å²) in [5.41, 5.74) is -0.534. The highest BCUT2D eigenvalue weighted by Gasteiger charge is 2.43. The van der Waals surface area contributed by atoms with Crippen LogP contribution in [-0.2, 0) is 4.79 Å². The molecule has 0 aromatic heterocycles. The molecule has 2 N–H and O–H groups in total. The third-order valence-electron chi connectivity index (χ3n) is 3.94. The lowest BCUT2D eigenvalue weighted by Crippen LogP contribution is -2.58. The first-order chi connectivity index (χ1) is 9.97. The second kappa shape index (κ2) is 6.03. The highest BCUT2D eigenvalue weighted by Crippen LogP contribution is 2.29. The summed E-state index contributed by atoms with van der Waals surface area (Å²) in [6.45, 7) is 2.05. The smallest absolute Gasteiger partial charge is 0.329 e. The number of hydrogen-bond donors (Lipinski definition) is 2. The van der Waals surface area contributed by atoms with Crippen LogP contribution in [0, 0.1) is 0 Å². The Balaban J connectivity index is 2.12. The minimum atomic E-state index is -1.14. The van der Waals surface area contributed by atoms with Gasteiger partial charge in [-0.05, 0) is 50.5 Å². The van der Waals surface area contributed by atoms with Gasteiger partial charge in [0, 0.05) is 12.2 Å². The molecule has 1 heterocycles. The van der Waals surface area contributed by atoms with Crippen LogP contribution in [0.1, 0.15) is 26.2 Å². The van der Waals surface area contributed by atoms with Crippen molar-refractivity contribution in [3.8, 4) is 5.75 Å². The van der Waals surface area contributed by atoms with E-state index in [0.717, 1.165) is 12.8 Å². The minimum Gasteiger partial charge on any atom is -0.497 e. The van der Waals surface area contributed by atoms with Gasteiger partial charge in [-0.1, -0.05) is 0 Å². The molecule has 6 heteroatoms. The molecule has 1 unspecified atom stereocenters. The maximum atomic E-state index is 12.4. The number of carboxylic acids is 1. The van der Waals surface area contributed by atoms with Gasteiger partial charge in [0.05, 0.1) is 7.11 Å². The summed E-state index contributed by atoms with van der Waals surface area (Å²) in [4.78, 5) is 25.3. The third-order valence-corrected chi connectivity index (χ3v) is 3.94. The lowest BCUT2D eigenvalue weighted by atomic mass is 9.89. The molecule has 1 saturated heterocycles. The van der Waals surface area contributed by atoms with E-state index in [0.29, 0.717) is 24.4 Å². The first kappa shape index (κ1) is 15.2. The van der Waals surface area contributed by atoms with Gasteiger partial charge < -0.3 is 20.1 Å². The van der Waals surface area contributed by atoms with Gasteiger partial charge in [0.1, 0.15) is 11.3 Å². The van der Waals surface area contributed by atoms with E-state index in [1.807, 2.05) is 0 Å². The third kappa shape index (κ3) is 3.09. The molecule has 0 saturated carbocycles. The van der Waals surface area contributed by atoms with Crippen molar-refractivity contribution in [3.63, 3.8) is 0 Å². The summed E-state index contributed by atoms with van der Waals surface area (Å²) >= 11 is 0. The Morgan fingerprint density at radius 2 is 1.95 bits per heavy atom. The molecule has 1 atom stereocenters. The average molecular weight is 292 g/mol. The summed E-state index contributed by atoms with van der Waals surface area (Å²) in [6.07, 6.45) is 2.10. The molecule has 2 amide bonds. The second-order valence-electron chi connectivity index (χ2n) is 5.35. The predicted molar refractivity (Wildman–Crippen MR) is 78.6 cm³/mol. The van der Waals surface area contributed by atoms with Crippen molar-refractivity contribution in [2.75, 3.05) is 19.0 Å². The normalized spacial score (nSPS) is 21.7. The number of methoxy groups -OCH3 is 1. The molecule has 21 heavy (non-hydrogen) atoms. The van der Waals surface area contributed by atoms with Gasteiger partial charge in [0.15, 0.2) is 0 Å². The average Bonchev–Trinajstić information content (AvgIpc) is 2.48. The maximum absolute atomic E-state index is 12.4. The number of benzene rings is 1. The van der Waals surface area contributed by atoms with Crippen molar-refractivity contribution in [1.82, 2.24) is 4.90 Å². The molecule has 1 aromatic rings. The molecule has 1 aromatic carbocycles. The molecule has 0 spiro atoms. The van der Waals surface area contributed by atoms with Crippen molar-refractivity contribution in [2.45, 2.75) is 31.7 Å². The van der Waals surface area contributed by atoms with Crippen molar-refractivity contribution in [2.24, 2.45) is 0 Å². The zero-order chi connectivity index (χ0) is 15.5. The highest BCUT2D eigenvalue weighted by atomic mass is 16.5. The van der Waals surface area contributed by atoms with Crippen LogP contribution in [-0.4, -0.2) is 41.2 Å². The molecule has 0 radical (unpaired) electrons. The summed E-state index contributed by atoms with van der Waals surface area (Å²) in [5, 5.41) is 12.2. The largest absolute Gasteiger partial charge is 0.497 e. The van der Waals surface area contributed by atoms with Gasteiger partial charge in [0.2, 0.25) is 0 Å². The minimum absolute atomic E-state index is 0.384. The van der Waals surface area contributed by atoms with E-state index in [1.165, 1.54) is 4.90 Å². The van der Waals surface area contributed by atoms with Crippen LogP contribution in [0.25, 0.3) is 0 Å². The quantitative estimate of drug-likeness (QED) is 0.897. The Labute approximate surface area is 123 Å². The fraction of sp³-hybridized carbons (Fsp3) is 0.467. The van der Waals surface area contributed by atoms with E-state index >= 15 is 0 Å². The molecule has 1 aliphatic rings. The summed E-state index contributed by atoms with van der Waals surface area (Å²) in [7, 11) is 1.57. The SMILES string of the molecule is COc1ccc(NC(=O)N2CCCCC2(C)C(=O)O)cc1. The molecular weight excluding hydrogens is 272 g/mol. The number of likely N-dealkylation sites (tertiary alicyclic amines) is 1. The molecule has 0 bridgehead atoms. The Kier molecular flexibility index (Phi) is 4.35. The second-order valence-corrected chi connectivity index (χ2v) is 5.35. The van der Waals surface area contributed by atoms with E-state index in [1.54, 1.807) is 38.3 Å². The fourth-order valence-electron chi connectivity index (χ4n) is 2.53. The zero-order valence-corrected chi connectivity index (χ0v) is 12.3. The van der Waals surface area contributed by atoms with E-state index < -0.39 is 11.5 Å². The molecule has 6 nitrogen and oxygen atoms in total. The number of piperidine rings is 1. The summed E-state index contributed by atoms with van der Waals surface area (Å²) < 4.78 is 5.05. The summed E-state index contributed by atoms with van der Waals surface area (Å²) in [6, 6.07) is 6.53. The van der Waals surface area contributed by atoms with E-state index in [2.05, 4.69) is 5.32 Å². The number of carbonyl (C=O) groups is 2. The van der Waals surface area contributed by atoms with Gasteiger partial charge in [0.25, 0.3) is 0 Å². The topological polar surface area (TPSA) is 78.9 Å². The number of aliphatic carboxylic acids is 1. The number of nitrogens with one attached hydrogen (secondary N) is 1. The number of hydrogen-bond acceptors (Lipinski definition) is 3. The van der Waals surface area contributed by atoms with Crippen LogP contribution in [0.4, 0.5) is 10.5 Å². The van der Waals surface area contributed by atoms with Crippen LogP contribution < -0.4 is 10.1 Å². The number of nitrogens with zero attached hydrogens (tertiary/aromatic N) is 1. The molecule has 2 rings (SSSR count). The number of carboxylic acid groups (broad SMARTS) is 1. The first-order valence-corrected chi connectivity index (χ1v) is 6.93. The van der Waals surface area contributed by atoms with Crippen molar-refractivity contribution in [1.29, 1.82) is 0 Å².